The molecule has 0 unspecified atom stereocenters. The summed E-state index contributed by atoms with van der Waals surface area (Å²) in [5.41, 5.74) is 3.56. The zero-order valence-corrected chi connectivity index (χ0v) is 21.4. The maximum absolute atomic E-state index is 14.4. The molecule has 3 fully saturated rings. The number of fused-ring (bicyclic) bond motifs is 4. The number of para-hydroxylation sites is 1. The second-order valence-corrected chi connectivity index (χ2v) is 10.8. The zero-order valence-electron chi connectivity index (χ0n) is 21.4. The van der Waals surface area contributed by atoms with Gasteiger partial charge in [-0.2, -0.15) is 0 Å². The van der Waals surface area contributed by atoms with E-state index in [4.69, 9.17) is 0 Å². The van der Waals surface area contributed by atoms with Gasteiger partial charge in [-0.25, -0.2) is 0 Å². The molecule has 36 heavy (non-hydrogen) atoms. The van der Waals surface area contributed by atoms with Crippen LogP contribution in [0.25, 0.3) is 0 Å². The third-order valence-electron chi connectivity index (χ3n) is 9.13. The Labute approximate surface area is 212 Å². The number of benzene rings is 1. The van der Waals surface area contributed by atoms with E-state index in [0.29, 0.717) is 38.2 Å². The van der Waals surface area contributed by atoms with Crippen LogP contribution < -0.4 is 10.2 Å². The summed E-state index contributed by atoms with van der Waals surface area (Å²) in [7, 11) is 1.97. The second kappa shape index (κ2) is 8.47. The first-order valence-corrected chi connectivity index (χ1v) is 13.2. The van der Waals surface area contributed by atoms with Gasteiger partial charge in [0.15, 0.2) is 0 Å². The molecule has 4 aliphatic heterocycles. The molecule has 1 spiro atoms. The van der Waals surface area contributed by atoms with E-state index in [1.807, 2.05) is 65.6 Å². The maximum atomic E-state index is 14.4. The van der Waals surface area contributed by atoms with Crippen LogP contribution in [0.5, 0.6) is 0 Å². The minimum absolute atomic E-state index is 0.00652. The van der Waals surface area contributed by atoms with Gasteiger partial charge in [-0.3, -0.25) is 19.3 Å². The number of carbonyl (C=O) groups excluding carboxylic acids is 3. The molecule has 1 aromatic carbocycles. The molecule has 5 heterocycles. The van der Waals surface area contributed by atoms with E-state index in [1.165, 1.54) is 0 Å². The Balaban J connectivity index is 1.39. The Morgan fingerprint density at radius 2 is 1.86 bits per heavy atom. The molecular formula is C28H35N5O3. The smallest absolute Gasteiger partial charge is 0.255 e. The van der Waals surface area contributed by atoms with Gasteiger partial charge in [0, 0.05) is 61.9 Å². The van der Waals surface area contributed by atoms with Crippen molar-refractivity contribution in [3.05, 3.63) is 52.8 Å². The number of aryl methyl sites for hydroxylation is 1. The topological polar surface area (TPSA) is 77.9 Å². The van der Waals surface area contributed by atoms with Gasteiger partial charge in [0.25, 0.3) is 11.8 Å². The molecule has 1 aromatic heterocycles. The van der Waals surface area contributed by atoms with Gasteiger partial charge in [-0.15, -0.1) is 0 Å². The van der Waals surface area contributed by atoms with E-state index < -0.39 is 11.5 Å². The van der Waals surface area contributed by atoms with Crippen LogP contribution in [0.2, 0.25) is 0 Å². The number of amides is 3. The lowest BCUT2D eigenvalue weighted by Gasteiger charge is -2.38. The molecule has 8 heteroatoms. The minimum atomic E-state index is -0.941. The van der Waals surface area contributed by atoms with Crippen molar-refractivity contribution in [3.8, 4) is 0 Å². The monoisotopic (exact) mass is 489 g/mol. The molecule has 8 nitrogen and oxygen atoms in total. The Morgan fingerprint density at radius 3 is 2.64 bits per heavy atom. The third kappa shape index (κ3) is 3.13. The van der Waals surface area contributed by atoms with Crippen molar-refractivity contribution < 1.29 is 14.4 Å². The molecular weight excluding hydrogens is 454 g/mol. The molecule has 4 aliphatic rings. The predicted molar refractivity (Wildman–Crippen MR) is 137 cm³/mol. The third-order valence-corrected chi connectivity index (χ3v) is 9.13. The van der Waals surface area contributed by atoms with E-state index in [1.54, 1.807) is 0 Å². The number of hydrogen-bond acceptors (Lipinski definition) is 4. The molecule has 0 saturated carbocycles. The molecule has 6 rings (SSSR count). The first-order chi connectivity index (χ1) is 17.4. The fraction of sp³-hybridized carbons (Fsp3) is 0.536. The van der Waals surface area contributed by atoms with Gasteiger partial charge < -0.3 is 19.7 Å². The van der Waals surface area contributed by atoms with E-state index in [2.05, 4.69) is 10.2 Å². The highest BCUT2D eigenvalue weighted by Gasteiger charge is 2.67. The molecule has 2 aromatic rings. The van der Waals surface area contributed by atoms with Gasteiger partial charge in [0.05, 0.1) is 11.5 Å². The number of anilines is 1. The van der Waals surface area contributed by atoms with Gasteiger partial charge in [0.1, 0.15) is 5.54 Å². The molecule has 3 saturated heterocycles. The van der Waals surface area contributed by atoms with Gasteiger partial charge in [-0.1, -0.05) is 18.2 Å². The first-order valence-electron chi connectivity index (χ1n) is 13.2. The SMILES string of the molecule is Cc1cc(C(=O)N2CCCNC(=O)[C@@H]3C[C@@H]4CCCN4[C@@]34C(=O)N(CC2)c2ccccc24)c(C)n1C. The Morgan fingerprint density at radius 1 is 1.06 bits per heavy atom. The lowest BCUT2D eigenvalue weighted by atomic mass is 9.78. The Kier molecular flexibility index (Phi) is 5.48. The number of carbonyl (C=O) groups is 3. The summed E-state index contributed by atoms with van der Waals surface area (Å²) < 4.78 is 2.03. The van der Waals surface area contributed by atoms with Gasteiger partial charge in [-0.05, 0) is 58.2 Å². The number of aromatic nitrogens is 1. The average molecular weight is 490 g/mol. The molecule has 190 valence electrons. The van der Waals surface area contributed by atoms with Crippen molar-refractivity contribution in [1.29, 1.82) is 0 Å². The number of nitrogens with one attached hydrogen (secondary N) is 1. The summed E-state index contributed by atoms with van der Waals surface area (Å²) in [6.45, 7) is 6.68. The van der Waals surface area contributed by atoms with E-state index >= 15 is 0 Å². The van der Waals surface area contributed by atoms with Crippen LogP contribution in [0.15, 0.2) is 30.3 Å². The molecule has 1 N–H and O–H groups in total. The number of rotatable bonds is 1. The van der Waals surface area contributed by atoms with Crippen molar-refractivity contribution in [2.45, 2.75) is 51.1 Å². The predicted octanol–water partition coefficient (Wildman–Crippen LogP) is 2.33. The van der Waals surface area contributed by atoms with Crippen LogP contribution in [-0.4, -0.2) is 70.9 Å². The molecule has 0 aliphatic carbocycles. The summed E-state index contributed by atoms with van der Waals surface area (Å²) >= 11 is 0. The standard InChI is InChI=1S/C28H35N5O3/c1-18-16-21(19(2)30(18)3)26(35)31-12-7-11-29-25(34)23-17-20-8-6-13-33(20)28(23)22-9-4-5-10-24(22)32(15-14-31)27(28)36/h4-5,9-10,16,20,23H,6-8,11-15,17H2,1-3H3,(H,29,34)/t20-,23-,28+/m0/s1. The maximum Gasteiger partial charge on any atom is 0.255 e. The summed E-state index contributed by atoms with van der Waals surface area (Å²) in [4.78, 5) is 47.7. The fourth-order valence-electron chi connectivity index (χ4n) is 7.17. The summed E-state index contributed by atoms with van der Waals surface area (Å²) in [6.07, 6.45) is 3.47. The quantitative estimate of drug-likeness (QED) is 0.667. The van der Waals surface area contributed by atoms with Crippen LogP contribution in [0.4, 0.5) is 5.69 Å². The van der Waals surface area contributed by atoms with Crippen molar-refractivity contribution in [2.24, 2.45) is 13.0 Å². The van der Waals surface area contributed by atoms with Crippen molar-refractivity contribution in [1.82, 2.24) is 19.7 Å². The van der Waals surface area contributed by atoms with Crippen LogP contribution in [0, 0.1) is 19.8 Å². The first kappa shape index (κ1) is 23.3. The highest BCUT2D eigenvalue weighted by Crippen LogP contribution is 2.57. The molecule has 2 bridgehead atoms. The Hall–Kier alpha value is -3.13. The van der Waals surface area contributed by atoms with Crippen LogP contribution in [-0.2, 0) is 22.2 Å². The highest BCUT2D eigenvalue weighted by molar-refractivity contribution is 6.11. The van der Waals surface area contributed by atoms with Crippen LogP contribution in [0.1, 0.15) is 53.0 Å². The highest BCUT2D eigenvalue weighted by atomic mass is 16.2. The molecule has 3 atom stereocenters. The fourth-order valence-corrected chi connectivity index (χ4v) is 7.17. The summed E-state index contributed by atoms with van der Waals surface area (Å²) in [6, 6.07) is 10.2. The second-order valence-electron chi connectivity index (χ2n) is 10.8. The van der Waals surface area contributed by atoms with E-state index in [9.17, 15) is 14.4 Å². The molecule has 3 amide bonds. The lowest BCUT2D eigenvalue weighted by Crippen LogP contribution is -2.57. The van der Waals surface area contributed by atoms with Crippen LogP contribution >= 0.6 is 0 Å². The average Bonchev–Trinajstić information content (AvgIpc) is 3.58. The van der Waals surface area contributed by atoms with Crippen molar-refractivity contribution >= 4 is 23.4 Å². The van der Waals surface area contributed by atoms with Crippen molar-refractivity contribution in [2.75, 3.05) is 37.6 Å². The van der Waals surface area contributed by atoms with Crippen LogP contribution in [0.3, 0.4) is 0 Å². The zero-order chi connectivity index (χ0) is 25.2. The Bertz CT molecular complexity index is 1250. The molecule has 0 radical (unpaired) electrons. The van der Waals surface area contributed by atoms with E-state index in [-0.39, 0.29) is 23.8 Å². The van der Waals surface area contributed by atoms with Crippen molar-refractivity contribution in [3.63, 3.8) is 0 Å². The normalized spacial score (nSPS) is 28.3. The van der Waals surface area contributed by atoms with Gasteiger partial charge >= 0.3 is 0 Å². The van der Waals surface area contributed by atoms with Gasteiger partial charge in [0.2, 0.25) is 5.91 Å². The number of nitrogens with zero attached hydrogens (tertiary/aromatic N) is 4. The number of hydrogen-bond donors (Lipinski definition) is 1. The summed E-state index contributed by atoms with van der Waals surface area (Å²) in [5, 5.41) is 3.14. The van der Waals surface area contributed by atoms with E-state index in [0.717, 1.165) is 48.4 Å². The summed E-state index contributed by atoms with van der Waals surface area (Å²) in [5.74, 6) is -0.462. The lowest BCUT2D eigenvalue weighted by molar-refractivity contribution is -0.139. The largest absolute Gasteiger partial charge is 0.356 e. The minimum Gasteiger partial charge on any atom is -0.356 e.